The van der Waals surface area contributed by atoms with Gasteiger partial charge in [0.25, 0.3) is 0 Å². The number of nitrogens with zero attached hydrogens (tertiary/aromatic N) is 2. The highest BCUT2D eigenvalue weighted by Gasteiger charge is 2.50. The van der Waals surface area contributed by atoms with Crippen LogP contribution >= 0.6 is 0 Å². The van der Waals surface area contributed by atoms with Gasteiger partial charge in [0.1, 0.15) is 24.2 Å². The van der Waals surface area contributed by atoms with Crippen molar-refractivity contribution in [2.75, 3.05) is 13.1 Å². The molecule has 2 fully saturated rings. The van der Waals surface area contributed by atoms with Crippen molar-refractivity contribution in [1.29, 1.82) is 0 Å². The van der Waals surface area contributed by atoms with E-state index < -0.39 is 11.6 Å². The third-order valence-corrected chi connectivity index (χ3v) is 5.49. The molecule has 0 spiro atoms. The normalized spacial score (nSPS) is 31.0. The van der Waals surface area contributed by atoms with Crippen LogP contribution in [0.3, 0.4) is 0 Å². The van der Waals surface area contributed by atoms with E-state index in [0.717, 1.165) is 23.9 Å². The summed E-state index contributed by atoms with van der Waals surface area (Å²) in [6, 6.07) is 4.69. The summed E-state index contributed by atoms with van der Waals surface area (Å²) in [7, 11) is 0. The van der Waals surface area contributed by atoms with Crippen LogP contribution in [0.2, 0.25) is 0 Å². The topological polar surface area (TPSA) is 24.4 Å². The fraction of sp³-hybridized carbons (Fsp3) is 0.500. The Morgan fingerprint density at radius 2 is 2.00 bits per heavy atom. The summed E-state index contributed by atoms with van der Waals surface area (Å²) in [6.45, 7) is 3.80. The van der Waals surface area contributed by atoms with E-state index in [9.17, 15) is 8.78 Å². The minimum Gasteiger partial charge on any atom is -0.300 e. The molecular weight excluding hydrogens is 296 g/mol. The van der Waals surface area contributed by atoms with Crippen molar-refractivity contribution in [3.05, 3.63) is 41.1 Å². The van der Waals surface area contributed by atoms with Crippen molar-refractivity contribution >= 4 is 11.8 Å². The maximum Gasteiger partial charge on any atom is 0.159 e. The largest absolute Gasteiger partial charge is 0.300 e. The van der Waals surface area contributed by atoms with Crippen molar-refractivity contribution < 1.29 is 13.4 Å². The molecule has 2 atom stereocenters. The maximum absolute atomic E-state index is 14.3. The molecule has 2 aliphatic heterocycles. The molecule has 1 saturated heterocycles. The lowest BCUT2D eigenvalue weighted by atomic mass is 9.99. The summed E-state index contributed by atoms with van der Waals surface area (Å²) in [6.07, 6.45) is 6.65. The molecule has 0 amide bonds. The van der Waals surface area contributed by atoms with Crippen LogP contribution in [0, 0.1) is 11.6 Å². The number of halogens is 2. The Bertz CT molecular complexity index is 692. The number of nitrogens with one attached hydrogen (secondary N) is 1. The standard InChI is InChI=1S/C18H22F2N3/c1-12-11-23(14-4-2-3-5-14)18(10-21-12)16(9-22-23)15-7-6-13(19)8-17(15)20/h6-9,12,14,21H,2-5,10-11H2,1H3/q+1. The van der Waals surface area contributed by atoms with Gasteiger partial charge < -0.3 is 5.32 Å². The summed E-state index contributed by atoms with van der Waals surface area (Å²) in [5, 5.41) is 8.36. The third-order valence-electron chi connectivity index (χ3n) is 5.49. The Hall–Kier alpha value is -1.59. The van der Waals surface area contributed by atoms with Gasteiger partial charge in [-0.15, -0.1) is 0 Å². The van der Waals surface area contributed by atoms with Gasteiger partial charge in [0.2, 0.25) is 0 Å². The van der Waals surface area contributed by atoms with Gasteiger partial charge in [0.05, 0.1) is 24.4 Å². The maximum atomic E-state index is 14.3. The zero-order chi connectivity index (χ0) is 16.0. The lowest BCUT2D eigenvalue weighted by Crippen LogP contribution is -2.60. The van der Waals surface area contributed by atoms with Crippen molar-refractivity contribution in [3.8, 4) is 0 Å². The first kappa shape index (κ1) is 15.0. The molecule has 4 rings (SSSR count). The highest BCUT2D eigenvalue weighted by Crippen LogP contribution is 2.42. The van der Waals surface area contributed by atoms with E-state index in [0.29, 0.717) is 28.8 Å². The lowest BCUT2D eigenvalue weighted by molar-refractivity contribution is -0.924. The minimum atomic E-state index is -0.543. The molecule has 1 saturated carbocycles. The Balaban J connectivity index is 1.82. The van der Waals surface area contributed by atoms with Gasteiger partial charge in [0.15, 0.2) is 5.70 Å². The van der Waals surface area contributed by atoms with E-state index >= 15 is 0 Å². The second-order valence-electron chi connectivity index (χ2n) is 6.96. The van der Waals surface area contributed by atoms with Crippen molar-refractivity contribution in [3.63, 3.8) is 0 Å². The average Bonchev–Trinajstić information content (AvgIpc) is 3.15. The van der Waals surface area contributed by atoms with Gasteiger partial charge in [-0.1, -0.05) is 5.10 Å². The first-order chi connectivity index (χ1) is 11.1. The molecule has 1 aliphatic carbocycles. The van der Waals surface area contributed by atoms with E-state index in [4.69, 9.17) is 5.10 Å². The lowest BCUT2D eigenvalue weighted by Gasteiger charge is -2.42. The minimum absolute atomic E-state index is 0.383. The summed E-state index contributed by atoms with van der Waals surface area (Å²) >= 11 is 0. The summed E-state index contributed by atoms with van der Waals surface area (Å²) < 4.78 is 28.1. The molecular formula is C18H22F2N3+. The molecule has 0 radical (unpaired) electrons. The first-order valence-electron chi connectivity index (χ1n) is 8.46. The second-order valence-corrected chi connectivity index (χ2v) is 6.96. The number of fused-ring (bicyclic) bond motifs is 1. The molecule has 2 unspecified atom stereocenters. The van der Waals surface area contributed by atoms with Gasteiger partial charge in [-0.05, 0) is 31.9 Å². The average molecular weight is 318 g/mol. The molecule has 3 nitrogen and oxygen atoms in total. The van der Waals surface area contributed by atoms with Crippen LogP contribution in [0.1, 0.15) is 38.2 Å². The Kier molecular flexibility index (Phi) is 3.58. The Morgan fingerprint density at radius 3 is 2.74 bits per heavy atom. The van der Waals surface area contributed by atoms with Crippen LogP contribution < -0.4 is 5.32 Å². The molecule has 1 N–H and O–H groups in total. The monoisotopic (exact) mass is 318 g/mol. The van der Waals surface area contributed by atoms with Crippen molar-refractivity contribution in [2.24, 2.45) is 5.10 Å². The van der Waals surface area contributed by atoms with Gasteiger partial charge >= 0.3 is 0 Å². The molecule has 3 aliphatic rings. The van der Waals surface area contributed by atoms with Gasteiger partial charge in [-0.3, -0.25) is 0 Å². The second kappa shape index (κ2) is 5.49. The SMILES string of the molecule is CC1C[N+]2(C3CCCC3)N=CC(c3ccc(F)cc3F)=C2CN1. The molecule has 5 heteroatoms. The van der Waals surface area contributed by atoms with E-state index in [-0.39, 0.29) is 0 Å². The van der Waals surface area contributed by atoms with Crippen LogP contribution in [0.5, 0.6) is 0 Å². The van der Waals surface area contributed by atoms with E-state index in [2.05, 4.69) is 12.2 Å². The third kappa shape index (κ3) is 2.34. The first-order valence-corrected chi connectivity index (χ1v) is 8.46. The quantitative estimate of drug-likeness (QED) is 0.830. The number of benzene rings is 1. The number of hydrogen-bond acceptors (Lipinski definition) is 2. The van der Waals surface area contributed by atoms with Crippen LogP contribution in [0.15, 0.2) is 29.0 Å². The highest BCUT2D eigenvalue weighted by molar-refractivity contribution is 6.11. The zero-order valence-electron chi connectivity index (χ0n) is 13.4. The Morgan fingerprint density at radius 1 is 1.22 bits per heavy atom. The number of piperazine rings is 1. The van der Waals surface area contributed by atoms with Gasteiger partial charge in [-0.2, -0.15) is 4.59 Å². The Labute approximate surface area is 135 Å². The van der Waals surface area contributed by atoms with Crippen LogP contribution in [-0.4, -0.2) is 36.0 Å². The molecule has 2 heterocycles. The fourth-order valence-corrected chi connectivity index (χ4v) is 4.38. The molecule has 0 aromatic heterocycles. The van der Waals surface area contributed by atoms with Crippen LogP contribution in [0.25, 0.3) is 5.57 Å². The smallest absolute Gasteiger partial charge is 0.159 e. The zero-order valence-corrected chi connectivity index (χ0v) is 13.4. The van der Waals surface area contributed by atoms with Crippen LogP contribution in [-0.2, 0) is 0 Å². The fourth-order valence-electron chi connectivity index (χ4n) is 4.38. The molecule has 1 aromatic rings. The molecule has 23 heavy (non-hydrogen) atoms. The molecule has 0 bridgehead atoms. The number of allylic oxidation sites excluding steroid dienone is 1. The molecule has 122 valence electrons. The van der Waals surface area contributed by atoms with E-state index in [1.807, 2.05) is 6.21 Å². The summed E-state index contributed by atoms with van der Waals surface area (Å²) in [5.74, 6) is -1.05. The number of hydrogen-bond donors (Lipinski definition) is 1. The predicted molar refractivity (Wildman–Crippen MR) is 86.6 cm³/mol. The summed E-state index contributed by atoms with van der Waals surface area (Å²) in [4.78, 5) is 0. The summed E-state index contributed by atoms with van der Waals surface area (Å²) in [5.41, 5.74) is 2.42. The van der Waals surface area contributed by atoms with Crippen molar-refractivity contribution in [2.45, 2.75) is 44.7 Å². The van der Waals surface area contributed by atoms with Crippen LogP contribution in [0.4, 0.5) is 8.78 Å². The number of quaternary nitrogens is 1. The van der Waals surface area contributed by atoms with E-state index in [1.54, 1.807) is 0 Å². The van der Waals surface area contributed by atoms with Gasteiger partial charge in [0, 0.05) is 24.5 Å². The van der Waals surface area contributed by atoms with Crippen molar-refractivity contribution in [1.82, 2.24) is 5.32 Å². The predicted octanol–water partition coefficient (Wildman–Crippen LogP) is 3.43. The van der Waals surface area contributed by atoms with Gasteiger partial charge in [-0.25, -0.2) is 8.78 Å². The highest BCUT2D eigenvalue weighted by atomic mass is 19.1. The number of rotatable bonds is 2. The molecule has 1 aromatic carbocycles. The van der Waals surface area contributed by atoms with E-state index in [1.165, 1.54) is 37.8 Å².